The Labute approximate surface area is 167 Å². The lowest BCUT2D eigenvalue weighted by atomic mass is 10.1. The van der Waals surface area contributed by atoms with Gasteiger partial charge in [-0.1, -0.05) is 0 Å². The molecule has 1 aromatic carbocycles. The van der Waals surface area contributed by atoms with Gasteiger partial charge in [-0.05, 0) is 57.1 Å². The Morgan fingerprint density at radius 1 is 1.21 bits per heavy atom. The molecule has 4 rings (SSSR count). The van der Waals surface area contributed by atoms with Crippen LogP contribution in [-0.2, 0) is 7.05 Å². The summed E-state index contributed by atoms with van der Waals surface area (Å²) < 4.78 is 16.6. The van der Waals surface area contributed by atoms with Crippen molar-refractivity contribution in [2.24, 2.45) is 7.05 Å². The van der Waals surface area contributed by atoms with Crippen molar-refractivity contribution in [1.29, 1.82) is 0 Å². The van der Waals surface area contributed by atoms with Crippen molar-refractivity contribution in [3.8, 4) is 5.69 Å². The third-order valence-electron chi connectivity index (χ3n) is 5.39. The highest BCUT2D eigenvalue weighted by atomic mass is 19.1. The molecule has 152 valence electrons. The Bertz CT molecular complexity index is 1110. The maximum atomic E-state index is 13.3. The van der Waals surface area contributed by atoms with Crippen LogP contribution in [0.5, 0.6) is 0 Å². The van der Waals surface area contributed by atoms with Crippen molar-refractivity contribution >= 4 is 16.9 Å². The third kappa shape index (κ3) is 3.67. The number of benzene rings is 1. The Kier molecular flexibility index (Phi) is 5.19. The number of carbonyl (C=O) groups excluding carboxylic acids is 1. The number of fused-ring (bicyclic) bond motifs is 1. The van der Waals surface area contributed by atoms with Crippen molar-refractivity contribution < 1.29 is 9.18 Å². The zero-order valence-corrected chi connectivity index (χ0v) is 16.6. The van der Waals surface area contributed by atoms with E-state index in [9.17, 15) is 14.0 Å². The van der Waals surface area contributed by atoms with Crippen LogP contribution in [0.4, 0.5) is 4.39 Å². The third-order valence-corrected chi connectivity index (χ3v) is 5.39. The van der Waals surface area contributed by atoms with Crippen LogP contribution in [-0.4, -0.2) is 51.3 Å². The molecule has 29 heavy (non-hydrogen) atoms. The van der Waals surface area contributed by atoms with Crippen LogP contribution in [0.2, 0.25) is 0 Å². The molecule has 1 saturated heterocycles. The summed E-state index contributed by atoms with van der Waals surface area (Å²) in [7, 11) is 1.77. The van der Waals surface area contributed by atoms with Gasteiger partial charge in [-0.25, -0.2) is 9.07 Å². The Morgan fingerprint density at radius 2 is 1.90 bits per heavy atom. The number of nitrogens with zero attached hydrogens (tertiary/aromatic N) is 4. The standard InChI is InChI=1S/C21H24FN5O2/c1-14-18-19(28)17(20(29)23-9-12-26-10-3-4-11-26)13-25(2)21(18)27(24-14)16-7-5-15(22)6-8-16/h5-8,13H,3-4,9-12H2,1-2H3,(H,23,29). The lowest BCUT2D eigenvalue weighted by Crippen LogP contribution is -2.35. The van der Waals surface area contributed by atoms with Gasteiger partial charge in [0.2, 0.25) is 5.43 Å². The molecule has 1 aliphatic heterocycles. The quantitative estimate of drug-likeness (QED) is 0.715. The molecule has 3 aromatic rings. The van der Waals surface area contributed by atoms with Gasteiger partial charge in [-0.2, -0.15) is 5.10 Å². The van der Waals surface area contributed by atoms with E-state index >= 15 is 0 Å². The van der Waals surface area contributed by atoms with Gasteiger partial charge in [-0.3, -0.25) is 9.59 Å². The highest BCUT2D eigenvalue weighted by Crippen LogP contribution is 2.20. The van der Waals surface area contributed by atoms with E-state index in [1.54, 1.807) is 35.4 Å². The molecule has 0 saturated carbocycles. The first-order valence-electron chi connectivity index (χ1n) is 9.81. The summed E-state index contributed by atoms with van der Waals surface area (Å²) in [6, 6.07) is 5.90. The van der Waals surface area contributed by atoms with Crippen molar-refractivity contribution in [1.82, 2.24) is 24.6 Å². The van der Waals surface area contributed by atoms with Gasteiger partial charge >= 0.3 is 0 Å². The second-order valence-electron chi connectivity index (χ2n) is 7.46. The highest BCUT2D eigenvalue weighted by molar-refractivity contribution is 5.97. The topological polar surface area (TPSA) is 72.2 Å². The number of hydrogen-bond donors (Lipinski definition) is 1. The first kappa shape index (κ1) is 19.3. The number of aromatic nitrogens is 3. The molecule has 1 N–H and O–H groups in total. The summed E-state index contributed by atoms with van der Waals surface area (Å²) >= 11 is 0. The predicted octanol–water partition coefficient (Wildman–Crippen LogP) is 2.00. The fourth-order valence-corrected chi connectivity index (χ4v) is 3.91. The van der Waals surface area contributed by atoms with E-state index in [2.05, 4.69) is 15.3 Å². The first-order valence-corrected chi connectivity index (χ1v) is 9.81. The van der Waals surface area contributed by atoms with Gasteiger partial charge in [0.05, 0.1) is 16.8 Å². The number of halogens is 1. The minimum atomic E-state index is -0.374. The summed E-state index contributed by atoms with van der Waals surface area (Å²) in [5, 5.41) is 7.71. The summed E-state index contributed by atoms with van der Waals surface area (Å²) in [6.45, 7) is 5.15. The van der Waals surface area contributed by atoms with E-state index in [4.69, 9.17) is 0 Å². The van der Waals surface area contributed by atoms with Gasteiger partial charge in [0.25, 0.3) is 5.91 Å². The second kappa shape index (κ2) is 7.79. The normalized spacial score (nSPS) is 14.6. The van der Waals surface area contributed by atoms with E-state index in [1.807, 2.05) is 0 Å². The molecule has 1 aliphatic rings. The van der Waals surface area contributed by atoms with Crippen LogP contribution in [0.1, 0.15) is 28.9 Å². The number of rotatable bonds is 5. The highest BCUT2D eigenvalue weighted by Gasteiger charge is 2.21. The number of aryl methyl sites for hydroxylation is 2. The van der Waals surface area contributed by atoms with Crippen LogP contribution >= 0.6 is 0 Å². The Morgan fingerprint density at radius 3 is 2.59 bits per heavy atom. The molecule has 1 amide bonds. The fourth-order valence-electron chi connectivity index (χ4n) is 3.91. The lowest BCUT2D eigenvalue weighted by molar-refractivity contribution is 0.0948. The second-order valence-corrected chi connectivity index (χ2v) is 7.46. The van der Waals surface area contributed by atoms with Crippen LogP contribution in [0.15, 0.2) is 35.3 Å². The Balaban J connectivity index is 1.66. The van der Waals surface area contributed by atoms with Crippen LogP contribution in [0.3, 0.4) is 0 Å². The number of amides is 1. The average Bonchev–Trinajstić information content (AvgIpc) is 3.33. The molecule has 1 fully saturated rings. The van der Waals surface area contributed by atoms with E-state index in [0.717, 1.165) is 19.6 Å². The average molecular weight is 397 g/mol. The van der Waals surface area contributed by atoms with E-state index in [-0.39, 0.29) is 22.7 Å². The number of carbonyl (C=O) groups is 1. The molecular formula is C21H24FN5O2. The van der Waals surface area contributed by atoms with E-state index in [1.165, 1.54) is 31.2 Å². The van der Waals surface area contributed by atoms with E-state index < -0.39 is 0 Å². The zero-order valence-electron chi connectivity index (χ0n) is 16.6. The molecule has 2 aromatic heterocycles. The van der Waals surface area contributed by atoms with Crippen LogP contribution in [0, 0.1) is 12.7 Å². The van der Waals surface area contributed by atoms with E-state index in [0.29, 0.717) is 29.0 Å². The summed E-state index contributed by atoms with van der Waals surface area (Å²) in [5.41, 5.74) is 1.48. The molecule has 8 heteroatoms. The molecule has 0 radical (unpaired) electrons. The van der Waals surface area contributed by atoms with Gasteiger partial charge < -0.3 is 14.8 Å². The molecule has 0 aliphatic carbocycles. The fraction of sp³-hybridized carbons (Fsp3) is 0.381. The van der Waals surface area contributed by atoms with Crippen molar-refractivity contribution in [2.75, 3.05) is 26.2 Å². The zero-order chi connectivity index (χ0) is 20.5. The minimum absolute atomic E-state index is 0.100. The molecule has 0 unspecified atom stereocenters. The number of nitrogens with one attached hydrogen (secondary N) is 1. The molecule has 7 nitrogen and oxygen atoms in total. The number of hydrogen-bond acceptors (Lipinski definition) is 4. The largest absolute Gasteiger partial charge is 0.351 e. The molecular weight excluding hydrogens is 373 g/mol. The number of likely N-dealkylation sites (tertiary alicyclic amines) is 1. The predicted molar refractivity (Wildman–Crippen MR) is 109 cm³/mol. The van der Waals surface area contributed by atoms with Crippen molar-refractivity contribution in [2.45, 2.75) is 19.8 Å². The molecule has 3 heterocycles. The Hall–Kier alpha value is -3.00. The van der Waals surface area contributed by atoms with Gasteiger partial charge in [0, 0.05) is 26.3 Å². The maximum absolute atomic E-state index is 13.3. The summed E-state index contributed by atoms with van der Waals surface area (Å²) in [4.78, 5) is 28.0. The van der Waals surface area contributed by atoms with Crippen molar-refractivity contribution in [3.63, 3.8) is 0 Å². The smallest absolute Gasteiger partial charge is 0.256 e. The van der Waals surface area contributed by atoms with Gasteiger partial charge in [-0.15, -0.1) is 0 Å². The van der Waals surface area contributed by atoms with Crippen molar-refractivity contribution in [3.05, 3.63) is 57.8 Å². The SMILES string of the molecule is Cc1nn(-c2ccc(F)cc2)c2c1c(=O)c(C(=O)NCCN1CCCC1)cn2C. The first-order chi connectivity index (χ1) is 14.0. The molecule has 0 bridgehead atoms. The molecule has 0 spiro atoms. The van der Waals surface area contributed by atoms with Gasteiger partial charge in [0.1, 0.15) is 17.0 Å². The van der Waals surface area contributed by atoms with Gasteiger partial charge in [0.15, 0.2) is 0 Å². The minimum Gasteiger partial charge on any atom is -0.351 e. The molecule has 0 atom stereocenters. The summed E-state index contributed by atoms with van der Waals surface area (Å²) in [6.07, 6.45) is 3.93. The number of pyridine rings is 1. The summed E-state index contributed by atoms with van der Waals surface area (Å²) in [5.74, 6) is -0.718. The lowest BCUT2D eigenvalue weighted by Gasteiger charge is -2.15. The van der Waals surface area contributed by atoms with Crippen LogP contribution < -0.4 is 10.7 Å². The maximum Gasteiger partial charge on any atom is 0.256 e. The monoisotopic (exact) mass is 397 g/mol. The van der Waals surface area contributed by atoms with Crippen LogP contribution in [0.25, 0.3) is 16.7 Å².